The van der Waals surface area contributed by atoms with E-state index in [-0.39, 0.29) is 5.84 Å². The quantitative estimate of drug-likeness (QED) is 0.588. The first kappa shape index (κ1) is 11.0. The van der Waals surface area contributed by atoms with Gasteiger partial charge in [-0.2, -0.15) is 0 Å². The molecule has 1 aromatic carbocycles. The third-order valence-corrected chi connectivity index (χ3v) is 3.53. The average Bonchev–Trinajstić information content (AvgIpc) is 2.59. The minimum absolute atomic E-state index is 0.134. The maximum absolute atomic E-state index is 7.34. The molecule has 86 valence electrons. The van der Waals surface area contributed by atoms with Gasteiger partial charge in [-0.05, 0) is 36.1 Å². The fourth-order valence-corrected chi connectivity index (χ4v) is 2.19. The maximum Gasteiger partial charge on any atom is 0.122 e. The van der Waals surface area contributed by atoms with Gasteiger partial charge in [0.05, 0.1) is 0 Å². The van der Waals surface area contributed by atoms with Crippen LogP contribution in [0.25, 0.3) is 0 Å². The first-order chi connectivity index (χ1) is 7.58. The monoisotopic (exact) mass is 217 g/mol. The summed E-state index contributed by atoms with van der Waals surface area (Å²) in [6.45, 7) is 6.85. The second-order valence-corrected chi connectivity index (χ2v) is 4.82. The van der Waals surface area contributed by atoms with E-state index in [1.165, 1.54) is 5.69 Å². The zero-order valence-electron chi connectivity index (χ0n) is 9.90. The Hall–Kier alpha value is -1.51. The molecule has 1 saturated heterocycles. The van der Waals surface area contributed by atoms with Gasteiger partial charge >= 0.3 is 0 Å². The first-order valence-electron chi connectivity index (χ1n) is 5.77. The molecule has 3 nitrogen and oxygen atoms in total. The Morgan fingerprint density at radius 3 is 2.12 bits per heavy atom. The highest BCUT2D eigenvalue weighted by molar-refractivity contribution is 5.95. The van der Waals surface area contributed by atoms with Crippen molar-refractivity contribution in [1.29, 1.82) is 5.41 Å². The summed E-state index contributed by atoms with van der Waals surface area (Å²) in [6.07, 6.45) is 0. The molecule has 1 aromatic rings. The van der Waals surface area contributed by atoms with E-state index in [1.54, 1.807) is 0 Å². The standard InChI is InChI=1S/C13H19N3/c1-9-7-16(8-10(9)2)12-5-3-11(4-6-12)13(14)15/h3-6,9-10H,7-8H2,1-2H3,(H3,14,15). The molecule has 1 fully saturated rings. The summed E-state index contributed by atoms with van der Waals surface area (Å²) in [5.41, 5.74) is 7.46. The summed E-state index contributed by atoms with van der Waals surface area (Å²) in [7, 11) is 0. The van der Waals surface area contributed by atoms with Crippen molar-refractivity contribution in [3.05, 3.63) is 29.8 Å². The number of nitrogens with one attached hydrogen (secondary N) is 1. The zero-order valence-corrected chi connectivity index (χ0v) is 9.90. The lowest BCUT2D eigenvalue weighted by molar-refractivity contribution is 0.494. The van der Waals surface area contributed by atoms with E-state index in [1.807, 2.05) is 12.1 Å². The van der Waals surface area contributed by atoms with Crippen LogP contribution in [0.3, 0.4) is 0 Å². The summed E-state index contributed by atoms with van der Waals surface area (Å²) < 4.78 is 0. The molecule has 0 bridgehead atoms. The highest BCUT2D eigenvalue weighted by Crippen LogP contribution is 2.27. The van der Waals surface area contributed by atoms with Crippen molar-refractivity contribution < 1.29 is 0 Å². The van der Waals surface area contributed by atoms with E-state index in [0.29, 0.717) is 0 Å². The minimum atomic E-state index is 0.134. The van der Waals surface area contributed by atoms with Gasteiger partial charge in [-0.3, -0.25) is 5.41 Å². The minimum Gasteiger partial charge on any atom is -0.384 e. The summed E-state index contributed by atoms with van der Waals surface area (Å²) in [6, 6.07) is 7.96. The van der Waals surface area contributed by atoms with E-state index in [2.05, 4.69) is 30.9 Å². The molecule has 2 atom stereocenters. The highest BCUT2D eigenvalue weighted by atomic mass is 15.2. The number of nitrogens with two attached hydrogens (primary N) is 1. The number of rotatable bonds is 2. The van der Waals surface area contributed by atoms with Crippen molar-refractivity contribution in [2.75, 3.05) is 18.0 Å². The normalized spacial score (nSPS) is 24.8. The lowest BCUT2D eigenvalue weighted by Gasteiger charge is -2.18. The second kappa shape index (κ2) is 4.16. The van der Waals surface area contributed by atoms with E-state index >= 15 is 0 Å². The number of hydrogen-bond acceptors (Lipinski definition) is 2. The SMILES string of the molecule is CC1CN(c2ccc(C(=N)N)cc2)CC1C. The van der Waals surface area contributed by atoms with Gasteiger partial charge in [0.15, 0.2) is 0 Å². The topological polar surface area (TPSA) is 53.1 Å². The van der Waals surface area contributed by atoms with Crippen molar-refractivity contribution in [2.24, 2.45) is 17.6 Å². The molecule has 1 heterocycles. The van der Waals surface area contributed by atoms with Crippen molar-refractivity contribution in [1.82, 2.24) is 0 Å². The largest absolute Gasteiger partial charge is 0.384 e. The molecule has 0 amide bonds. The Labute approximate surface area is 96.8 Å². The molecule has 1 aliphatic rings. The lowest BCUT2D eigenvalue weighted by Crippen LogP contribution is -2.19. The Bertz CT molecular complexity index is 373. The molecule has 0 aromatic heterocycles. The highest BCUT2D eigenvalue weighted by Gasteiger charge is 2.25. The smallest absolute Gasteiger partial charge is 0.122 e. The van der Waals surface area contributed by atoms with Crippen LogP contribution in [0.5, 0.6) is 0 Å². The van der Waals surface area contributed by atoms with Gasteiger partial charge in [-0.15, -0.1) is 0 Å². The number of nitrogen functional groups attached to an aromatic ring is 1. The van der Waals surface area contributed by atoms with Crippen LogP contribution < -0.4 is 10.6 Å². The van der Waals surface area contributed by atoms with Gasteiger partial charge in [0.2, 0.25) is 0 Å². The Morgan fingerprint density at radius 1 is 1.19 bits per heavy atom. The molecule has 3 N–H and O–H groups in total. The van der Waals surface area contributed by atoms with Crippen LogP contribution in [-0.2, 0) is 0 Å². The predicted molar refractivity (Wildman–Crippen MR) is 68.0 cm³/mol. The van der Waals surface area contributed by atoms with Gasteiger partial charge in [0.25, 0.3) is 0 Å². The van der Waals surface area contributed by atoms with Crippen LogP contribution in [0, 0.1) is 17.2 Å². The van der Waals surface area contributed by atoms with E-state index in [9.17, 15) is 0 Å². The number of nitrogens with zero attached hydrogens (tertiary/aromatic N) is 1. The van der Waals surface area contributed by atoms with E-state index < -0.39 is 0 Å². The van der Waals surface area contributed by atoms with Crippen molar-refractivity contribution in [2.45, 2.75) is 13.8 Å². The molecule has 2 rings (SSSR count). The van der Waals surface area contributed by atoms with Crippen LogP contribution in [0.1, 0.15) is 19.4 Å². The van der Waals surface area contributed by atoms with E-state index in [0.717, 1.165) is 30.5 Å². The Balaban J connectivity index is 2.14. The molecule has 3 heteroatoms. The van der Waals surface area contributed by atoms with Gasteiger partial charge in [0.1, 0.15) is 5.84 Å². The van der Waals surface area contributed by atoms with Crippen molar-refractivity contribution in [3.8, 4) is 0 Å². The van der Waals surface area contributed by atoms with Gasteiger partial charge in [-0.25, -0.2) is 0 Å². The van der Waals surface area contributed by atoms with Crippen LogP contribution in [-0.4, -0.2) is 18.9 Å². The Morgan fingerprint density at radius 2 is 1.69 bits per heavy atom. The predicted octanol–water partition coefficient (Wildman–Crippen LogP) is 2.06. The molecule has 0 aliphatic carbocycles. The van der Waals surface area contributed by atoms with Crippen LogP contribution in [0.4, 0.5) is 5.69 Å². The maximum atomic E-state index is 7.34. The first-order valence-corrected chi connectivity index (χ1v) is 5.77. The molecule has 0 radical (unpaired) electrons. The summed E-state index contributed by atoms with van der Waals surface area (Å²) in [5.74, 6) is 1.65. The summed E-state index contributed by atoms with van der Waals surface area (Å²) in [4.78, 5) is 2.40. The molecule has 0 saturated carbocycles. The van der Waals surface area contributed by atoms with Crippen LogP contribution in [0.15, 0.2) is 24.3 Å². The van der Waals surface area contributed by atoms with Crippen molar-refractivity contribution >= 4 is 11.5 Å². The number of hydrogen-bond donors (Lipinski definition) is 2. The van der Waals surface area contributed by atoms with Gasteiger partial charge in [-0.1, -0.05) is 13.8 Å². The second-order valence-electron chi connectivity index (χ2n) is 4.82. The van der Waals surface area contributed by atoms with Crippen LogP contribution in [0.2, 0.25) is 0 Å². The fourth-order valence-electron chi connectivity index (χ4n) is 2.19. The molecule has 2 unspecified atom stereocenters. The Kier molecular flexibility index (Phi) is 2.86. The number of benzene rings is 1. The molecule has 0 spiro atoms. The molecule has 16 heavy (non-hydrogen) atoms. The number of amidine groups is 1. The summed E-state index contributed by atoms with van der Waals surface area (Å²) in [5, 5.41) is 7.34. The molecular formula is C13H19N3. The number of anilines is 1. The molecular weight excluding hydrogens is 198 g/mol. The zero-order chi connectivity index (χ0) is 11.7. The third kappa shape index (κ3) is 2.03. The van der Waals surface area contributed by atoms with E-state index in [4.69, 9.17) is 11.1 Å². The summed E-state index contributed by atoms with van der Waals surface area (Å²) >= 11 is 0. The van der Waals surface area contributed by atoms with Crippen LogP contribution >= 0.6 is 0 Å². The average molecular weight is 217 g/mol. The fraction of sp³-hybridized carbons (Fsp3) is 0.462. The third-order valence-electron chi connectivity index (χ3n) is 3.53. The van der Waals surface area contributed by atoms with Gasteiger partial charge in [0, 0.05) is 24.3 Å². The van der Waals surface area contributed by atoms with Gasteiger partial charge < -0.3 is 10.6 Å². The van der Waals surface area contributed by atoms with Crippen molar-refractivity contribution in [3.63, 3.8) is 0 Å². The lowest BCUT2D eigenvalue weighted by atomic mass is 10.0. The molecule has 1 aliphatic heterocycles.